The van der Waals surface area contributed by atoms with E-state index in [9.17, 15) is 4.79 Å². The van der Waals surface area contributed by atoms with E-state index < -0.39 is 6.04 Å². The Morgan fingerprint density at radius 3 is 2.24 bits per heavy atom. The van der Waals surface area contributed by atoms with Gasteiger partial charge in [-0.15, -0.1) is 0 Å². The molecule has 116 valence electrons. The highest BCUT2D eigenvalue weighted by molar-refractivity contribution is 5.82. The number of nitrogens with zero attached hydrogens (tertiary/aromatic N) is 2. The van der Waals surface area contributed by atoms with Gasteiger partial charge in [0.2, 0.25) is 5.91 Å². The van der Waals surface area contributed by atoms with Crippen LogP contribution < -0.4 is 5.73 Å². The lowest BCUT2D eigenvalue weighted by Gasteiger charge is -2.38. The molecule has 0 aromatic heterocycles. The largest absolute Gasteiger partial charge is 0.339 e. The molecule has 1 saturated heterocycles. The maximum Gasteiger partial charge on any atom is 0.240 e. The molecule has 1 amide bonds. The molecule has 1 atom stereocenters. The Morgan fingerprint density at radius 1 is 1.14 bits per heavy atom. The highest BCUT2D eigenvalue weighted by Crippen LogP contribution is 2.20. The second-order valence-electron chi connectivity index (χ2n) is 6.93. The minimum absolute atomic E-state index is 0.0851. The van der Waals surface area contributed by atoms with Crippen LogP contribution in [0.15, 0.2) is 30.3 Å². The first-order valence-electron chi connectivity index (χ1n) is 7.68. The maximum absolute atomic E-state index is 12.4. The van der Waals surface area contributed by atoms with Crippen LogP contribution in [0.4, 0.5) is 0 Å². The molecule has 1 fully saturated rings. The SMILES string of the molecule is CC(C)(C)[C@@H](N)C(=O)N1CCN(Cc2ccccc2)CC1. The van der Waals surface area contributed by atoms with E-state index in [0.717, 1.165) is 32.7 Å². The van der Waals surface area contributed by atoms with Gasteiger partial charge >= 0.3 is 0 Å². The van der Waals surface area contributed by atoms with E-state index >= 15 is 0 Å². The van der Waals surface area contributed by atoms with Gasteiger partial charge < -0.3 is 10.6 Å². The van der Waals surface area contributed by atoms with Crippen molar-refractivity contribution in [2.45, 2.75) is 33.4 Å². The van der Waals surface area contributed by atoms with Gasteiger partial charge in [0.15, 0.2) is 0 Å². The molecule has 21 heavy (non-hydrogen) atoms. The normalized spacial score (nSPS) is 18.6. The molecule has 0 aliphatic carbocycles. The summed E-state index contributed by atoms with van der Waals surface area (Å²) in [7, 11) is 0. The highest BCUT2D eigenvalue weighted by atomic mass is 16.2. The number of hydrogen-bond acceptors (Lipinski definition) is 3. The van der Waals surface area contributed by atoms with Crippen LogP contribution in [0.1, 0.15) is 26.3 Å². The predicted molar refractivity (Wildman–Crippen MR) is 85.7 cm³/mol. The topological polar surface area (TPSA) is 49.6 Å². The second kappa shape index (κ2) is 6.58. The lowest BCUT2D eigenvalue weighted by molar-refractivity contribution is -0.136. The molecule has 0 saturated carbocycles. The summed E-state index contributed by atoms with van der Waals surface area (Å²) in [4.78, 5) is 16.7. The smallest absolute Gasteiger partial charge is 0.240 e. The first-order valence-corrected chi connectivity index (χ1v) is 7.68. The molecule has 1 aliphatic rings. The lowest BCUT2D eigenvalue weighted by atomic mass is 9.86. The van der Waals surface area contributed by atoms with Crippen molar-refractivity contribution in [3.8, 4) is 0 Å². The number of carbonyl (C=O) groups is 1. The fourth-order valence-corrected chi connectivity index (χ4v) is 2.54. The summed E-state index contributed by atoms with van der Waals surface area (Å²) in [6.07, 6.45) is 0. The Hall–Kier alpha value is -1.39. The molecule has 0 bridgehead atoms. The average molecular weight is 289 g/mol. The van der Waals surface area contributed by atoms with Gasteiger partial charge in [0.25, 0.3) is 0 Å². The van der Waals surface area contributed by atoms with Crippen molar-refractivity contribution < 1.29 is 4.79 Å². The van der Waals surface area contributed by atoms with Crippen LogP contribution in [-0.4, -0.2) is 47.9 Å². The summed E-state index contributed by atoms with van der Waals surface area (Å²) in [5, 5.41) is 0. The van der Waals surface area contributed by atoms with Crippen molar-refractivity contribution in [1.82, 2.24) is 9.80 Å². The van der Waals surface area contributed by atoms with Gasteiger partial charge in [-0.2, -0.15) is 0 Å². The van der Waals surface area contributed by atoms with Gasteiger partial charge in [0.1, 0.15) is 0 Å². The van der Waals surface area contributed by atoms with Crippen molar-refractivity contribution in [2.75, 3.05) is 26.2 Å². The first kappa shape index (κ1) is 16.0. The summed E-state index contributed by atoms with van der Waals surface area (Å²) in [6, 6.07) is 10.0. The van der Waals surface area contributed by atoms with Crippen molar-refractivity contribution >= 4 is 5.91 Å². The third kappa shape index (κ3) is 4.29. The molecule has 1 aromatic rings. The standard InChI is InChI=1S/C17H27N3O/c1-17(2,3)15(18)16(21)20-11-9-19(10-12-20)13-14-7-5-4-6-8-14/h4-8,15H,9-13,18H2,1-3H3/t15-/m0/s1. The van der Waals surface area contributed by atoms with Crippen molar-refractivity contribution in [2.24, 2.45) is 11.1 Å². The van der Waals surface area contributed by atoms with E-state index in [1.807, 2.05) is 31.7 Å². The number of amides is 1. The zero-order chi connectivity index (χ0) is 15.5. The monoisotopic (exact) mass is 289 g/mol. The fourth-order valence-electron chi connectivity index (χ4n) is 2.54. The van der Waals surface area contributed by atoms with Crippen LogP contribution in [0.25, 0.3) is 0 Å². The van der Waals surface area contributed by atoms with Gasteiger partial charge in [-0.25, -0.2) is 0 Å². The van der Waals surface area contributed by atoms with E-state index in [1.165, 1.54) is 5.56 Å². The number of hydrogen-bond donors (Lipinski definition) is 1. The number of benzene rings is 1. The van der Waals surface area contributed by atoms with Gasteiger partial charge in [-0.05, 0) is 11.0 Å². The zero-order valence-corrected chi connectivity index (χ0v) is 13.4. The Balaban J connectivity index is 1.84. The van der Waals surface area contributed by atoms with Crippen molar-refractivity contribution in [3.05, 3.63) is 35.9 Å². The minimum Gasteiger partial charge on any atom is -0.339 e. The molecule has 0 radical (unpaired) electrons. The third-order valence-electron chi connectivity index (χ3n) is 4.13. The van der Waals surface area contributed by atoms with Crippen LogP contribution in [0.2, 0.25) is 0 Å². The van der Waals surface area contributed by atoms with Crippen molar-refractivity contribution in [1.29, 1.82) is 0 Å². The number of rotatable bonds is 3. The summed E-state index contributed by atoms with van der Waals surface area (Å²) in [5.41, 5.74) is 7.22. The summed E-state index contributed by atoms with van der Waals surface area (Å²) < 4.78 is 0. The zero-order valence-electron chi connectivity index (χ0n) is 13.4. The van der Waals surface area contributed by atoms with E-state index in [0.29, 0.717) is 0 Å². The third-order valence-corrected chi connectivity index (χ3v) is 4.13. The van der Waals surface area contributed by atoms with E-state index in [-0.39, 0.29) is 11.3 Å². The molecule has 4 heteroatoms. The van der Waals surface area contributed by atoms with Crippen molar-refractivity contribution in [3.63, 3.8) is 0 Å². The molecule has 1 heterocycles. The van der Waals surface area contributed by atoms with Crippen LogP contribution in [0, 0.1) is 5.41 Å². The molecular formula is C17H27N3O. The van der Waals surface area contributed by atoms with Gasteiger partial charge in [-0.3, -0.25) is 9.69 Å². The van der Waals surface area contributed by atoms with Gasteiger partial charge in [0, 0.05) is 32.7 Å². The molecule has 1 aromatic carbocycles. The highest BCUT2D eigenvalue weighted by Gasteiger charge is 2.32. The summed E-state index contributed by atoms with van der Waals surface area (Å²) >= 11 is 0. The Morgan fingerprint density at radius 2 is 1.71 bits per heavy atom. The molecule has 2 rings (SSSR count). The lowest BCUT2D eigenvalue weighted by Crippen LogP contribution is -2.56. The Bertz CT molecular complexity index is 459. The fraction of sp³-hybridized carbons (Fsp3) is 0.588. The van der Waals surface area contributed by atoms with Gasteiger partial charge in [0.05, 0.1) is 6.04 Å². The number of nitrogens with two attached hydrogens (primary N) is 1. The maximum atomic E-state index is 12.4. The second-order valence-corrected chi connectivity index (χ2v) is 6.93. The van der Waals surface area contributed by atoms with Gasteiger partial charge in [-0.1, -0.05) is 51.1 Å². The average Bonchev–Trinajstić information content (AvgIpc) is 2.46. The number of carbonyl (C=O) groups excluding carboxylic acids is 1. The minimum atomic E-state index is -0.418. The Labute approximate surface area is 127 Å². The van der Waals surface area contributed by atoms with E-state index in [1.54, 1.807) is 0 Å². The molecule has 0 spiro atoms. The molecule has 0 unspecified atom stereocenters. The van der Waals surface area contributed by atoms with Crippen LogP contribution in [0.3, 0.4) is 0 Å². The van der Waals surface area contributed by atoms with Crippen LogP contribution in [0.5, 0.6) is 0 Å². The molecular weight excluding hydrogens is 262 g/mol. The number of piperazine rings is 1. The molecule has 1 aliphatic heterocycles. The summed E-state index contributed by atoms with van der Waals surface area (Å²) in [5.74, 6) is 0.0851. The van der Waals surface area contributed by atoms with E-state index in [2.05, 4.69) is 29.2 Å². The molecule has 4 nitrogen and oxygen atoms in total. The van der Waals surface area contributed by atoms with Crippen LogP contribution >= 0.6 is 0 Å². The van der Waals surface area contributed by atoms with E-state index in [4.69, 9.17) is 5.73 Å². The molecule has 2 N–H and O–H groups in total. The van der Waals surface area contributed by atoms with Crippen LogP contribution in [-0.2, 0) is 11.3 Å². The summed E-state index contributed by atoms with van der Waals surface area (Å²) in [6.45, 7) is 10.4. The Kier molecular flexibility index (Phi) is 5.01. The predicted octanol–water partition coefficient (Wildman–Crippen LogP) is 1.70. The quantitative estimate of drug-likeness (QED) is 0.921. The first-order chi connectivity index (χ1) is 9.88.